The summed E-state index contributed by atoms with van der Waals surface area (Å²) >= 11 is 0. The largest absolute Gasteiger partial charge is 0.399 e. The van der Waals surface area contributed by atoms with E-state index in [0.29, 0.717) is 5.69 Å². The maximum atomic E-state index is 9.30. The van der Waals surface area contributed by atoms with Gasteiger partial charge in [0.25, 0.3) is 0 Å². The molecule has 1 aromatic heterocycles. The number of aromatic nitrogens is 2. The summed E-state index contributed by atoms with van der Waals surface area (Å²) in [4.78, 5) is 4.28. The molecule has 0 radical (unpaired) electrons. The number of hydrogen-bond donors (Lipinski definition) is 1. The van der Waals surface area contributed by atoms with Crippen LogP contribution in [0.15, 0.2) is 24.3 Å². The lowest BCUT2D eigenvalue weighted by Crippen LogP contribution is -2.04. The van der Waals surface area contributed by atoms with Crippen LogP contribution in [-0.2, 0) is 6.42 Å². The summed E-state index contributed by atoms with van der Waals surface area (Å²) in [6, 6.07) is 11.3. The predicted molar refractivity (Wildman–Crippen MR) is 76.0 cm³/mol. The van der Waals surface area contributed by atoms with Gasteiger partial charge in [0.2, 0.25) is 0 Å². The second-order valence-electron chi connectivity index (χ2n) is 4.48. The minimum atomic E-state index is 0.176. The van der Waals surface area contributed by atoms with Gasteiger partial charge in [-0.1, -0.05) is 13.3 Å². The molecular weight excluding hydrogens is 250 g/mol. The highest BCUT2D eigenvalue weighted by molar-refractivity contribution is 5.50. The van der Waals surface area contributed by atoms with Gasteiger partial charge in [-0.15, -0.1) is 0 Å². The van der Waals surface area contributed by atoms with Gasteiger partial charge < -0.3 is 5.73 Å². The Morgan fingerprint density at radius 2 is 1.90 bits per heavy atom. The Balaban J connectivity index is 2.59. The lowest BCUT2D eigenvalue weighted by Gasteiger charge is -2.09. The zero-order valence-electron chi connectivity index (χ0n) is 11.3. The van der Waals surface area contributed by atoms with Gasteiger partial charge in [-0.3, -0.25) is 4.57 Å². The molecule has 0 saturated heterocycles. The monoisotopic (exact) mass is 265 g/mol. The number of nitrogen functional groups attached to an aromatic ring is 1. The lowest BCUT2D eigenvalue weighted by atomic mass is 10.2. The quantitative estimate of drug-likeness (QED) is 0.860. The van der Waals surface area contributed by atoms with Crippen molar-refractivity contribution in [2.45, 2.75) is 26.2 Å². The Morgan fingerprint density at radius 1 is 1.20 bits per heavy atom. The van der Waals surface area contributed by atoms with Crippen LogP contribution in [0.2, 0.25) is 0 Å². The van der Waals surface area contributed by atoms with Crippen LogP contribution in [0.3, 0.4) is 0 Å². The molecule has 0 aliphatic heterocycles. The first kappa shape index (κ1) is 13.6. The van der Waals surface area contributed by atoms with Crippen molar-refractivity contribution >= 4 is 5.69 Å². The maximum Gasteiger partial charge on any atom is 0.177 e. The fraction of sp³-hybridized carbons (Fsp3) is 0.267. The highest BCUT2D eigenvalue weighted by atomic mass is 15.1. The van der Waals surface area contributed by atoms with Gasteiger partial charge >= 0.3 is 0 Å². The van der Waals surface area contributed by atoms with Crippen LogP contribution < -0.4 is 5.73 Å². The number of unbranched alkanes of at least 4 members (excludes halogenated alkanes) is 1. The highest BCUT2D eigenvalue weighted by Crippen LogP contribution is 2.20. The zero-order valence-corrected chi connectivity index (χ0v) is 11.3. The van der Waals surface area contributed by atoms with Gasteiger partial charge in [0.05, 0.1) is 0 Å². The molecule has 0 atom stereocenters. The van der Waals surface area contributed by atoms with Gasteiger partial charge in [0, 0.05) is 17.8 Å². The first-order chi connectivity index (χ1) is 9.71. The van der Waals surface area contributed by atoms with Crippen molar-refractivity contribution in [1.29, 1.82) is 10.5 Å². The topological polar surface area (TPSA) is 91.4 Å². The van der Waals surface area contributed by atoms with Crippen molar-refractivity contribution in [3.05, 3.63) is 41.5 Å². The molecule has 5 nitrogen and oxygen atoms in total. The normalized spacial score (nSPS) is 9.95. The predicted octanol–water partition coefficient (Wildman–Crippen LogP) is 2.54. The van der Waals surface area contributed by atoms with E-state index >= 15 is 0 Å². The number of imidazole rings is 1. The van der Waals surface area contributed by atoms with Crippen molar-refractivity contribution in [2.75, 3.05) is 5.73 Å². The van der Waals surface area contributed by atoms with Crippen LogP contribution in [0.5, 0.6) is 0 Å². The Kier molecular flexibility index (Phi) is 4.02. The zero-order chi connectivity index (χ0) is 14.5. The van der Waals surface area contributed by atoms with Crippen LogP contribution in [0, 0.1) is 22.7 Å². The smallest absolute Gasteiger partial charge is 0.177 e. The van der Waals surface area contributed by atoms with Crippen molar-refractivity contribution < 1.29 is 0 Å². The van der Waals surface area contributed by atoms with Crippen LogP contribution in [0.4, 0.5) is 5.69 Å². The molecule has 2 aromatic rings. The molecule has 0 saturated carbocycles. The Bertz CT molecular complexity index is 683. The van der Waals surface area contributed by atoms with Gasteiger partial charge in [0.15, 0.2) is 11.4 Å². The number of benzene rings is 1. The SMILES string of the molecule is CCCCc1nc(C#N)c(C#N)n1-c1ccc(N)cc1. The minimum absolute atomic E-state index is 0.176. The standard InChI is InChI=1S/C15H15N5/c1-2-3-4-15-19-13(9-16)14(10-17)20(15)12-7-5-11(18)6-8-12/h5-8H,2-4,18H2,1H3. The van der Waals surface area contributed by atoms with Crippen LogP contribution in [0.1, 0.15) is 37.0 Å². The van der Waals surface area contributed by atoms with Gasteiger partial charge in [-0.25, -0.2) is 4.98 Å². The fourth-order valence-electron chi connectivity index (χ4n) is 2.05. The summed E-state index contributed by atoms with van der Waals surface area (Å²) in [5, 5.41) is 18.4. The van der Waals surface area contributed by atoms with Crippen molar-refractivity contribution in [1.82, 2.24) is 9.55 Å². The summed E-state index contributed by atoms with van der Waals surface area (Å²) in [6.07, 6.45) is 2.72. The van der Waals surface area contributed by atoms with Gasteiger partial charge in [-0.05, 0) is 30.7 Å². The first-order valence-corrected chi connectivity index (χ1v) is 6.49. The average Bonchev–Trinajstić information content (AvgIpc) is 2.83. The number of nitrogens with zero attached hydrogens (tertiary/aromatic N) is 4. The van der Waals surface area contributed by atoms with E-state index < -0.39 is 0 Å². The third-order valence-corrected chi connectivity index (χ3v) is 3.06. The molecule has 2 N–H and O–H groups in total. The molecule has 0 unspecified atom stereocenters. The summed E-state index contributed by atoms with van der Waals surface area (Å²) in [5.74, 6) is 0.740. The second kappa shape index (κ2) is 5.90. The molecule has 2 rings (SSSR count). The lowest BCUT2D eigenvalue weighted by molar-refractivity contribution is 0.737. The Hall–Kier alpha value is -2.79. The van der Waals surface area contributed by atoms with E-state index in [2.05, 4.69) is 18.0 Å². The molecule has 100 valence electrons. The third kappa shape index (κ3) is 2.48. The molecule has 1 heterocycles. The molecule has 20 heavy (non-hydrogen) atoms. The average molecular weight is 265 g/mol. The molecule has 0 aliphatic carbocycles. The molecule has 0 aliphatic rings. The summed E-state index contributed by atoms with van der Waals surface area (Å²) in [7, 11) is 0. The van der Waals surface area contributed by atoms with E-state index in [0.717, 1.165) is 30.8 Å². The molecule has 0 spiro atoms. The third-order valence-electron chi connectivity index (χ3n) is 3.06. The van der Waals surface area contributed by atoms with Crippen molar-refractivity contribution in [3.8, 4) is 17.8 Å². The molecule has 0 bridgehead atoms. The Labute approximate surface area is 117 Å². The van der Waals surface area contributed by atoms with E-state index in [1.807, 2.05) is 18.2 Å². The van der Waals surface area contributed by atoms with E-state index in [1.165, 1.54) is 0 Å². The van der Waals surface area contributed by atoms with Crippen LogP contribution in [0.25, 0.3) is 5.69 Å². The number of aryl methyl sites for hydroxylation is 1. The first-order valence-electron chi connectivity index (χ1n) is 6.49. The van der Waals surface area contributed by atoms with Gasteiger partial charge in [0.1, 0.15) is 18.0 Å². The number of anilines is 1. The number of nitrogens with two attached hydrogens (primary N) is 1. The molecule has 5 heteroatoms. The van der Waals surface area contributed by atoms with Crippen LogP contribution in [-0.4, -0.2) is 9.55 Å². The van der Waals surface area contributed by atoms with E-state index in [1.54, 1.807) is 16.7 Å². The van der Waals surface area contributed by atoms with E-state index in [4.69, 9.17) is 11.0 Å². The molecule has 1 aromatic carbocycles. The minimum Gasteiger partial charge on any atom is -0.399 e. The maximum absolute atomic E-state index is 9.30. The summed E-state index contributed by atoms with van der Waals surface area (Å²) < 4.78 is 1.74. The van der Waals surface area contributed by atoms with E-state index in [-0.39, 0.29) is 11.4 Å². The fourth-order valence-corrected chi connectivity index (χ4v) is 2.05. The second-order valence-corrected chi connectivity index (χ2v) is 4.48. The van der Waals surface area contributed by atoms with Gasteiger partial charge in [-0.2, -0.15) is 10.5 Å². The highest BCUT2D eigenvalue weighted by Gasteiger charge is 2.17. The summed E-state index contributed by atoms with van der Waals surface area (Å²) in [6.45, 7) is 2.09. The summed E-state index contributed by atoms with van der Waals surface area (Å²) in [5.41, 5.74) is 7.60. The van der Waals surface area contributed by atoms with Crippen molar-refractivity contribution in [3.63, 3.8) is 0 Å². The number of rotatable bonds is 4. The molecule has 0 fully saturated rings. The van der Waals surface area contributed by atoms with Crippen molar-refractivity contribution in [2.24, 2.45) is 0 Å². The molecule has 0 amide bonds. The van der Waals surface area contributed by atoms with Crippen LogP contribution >= 0.6 is 0 Å². The Morgan fingerprint density at radius 3 is 2.45 bits per heavy atom. The van der Waals surface area contributed by atoms with E-state index in [9.17, 15) is 5.26 Å². The number of hydrogen-bond acceptors (Lipinski definition) is 4. The molecular formula is C15H15N5. The number of nitriles is 2.